The van der Waals surface area contributed by atoms with Gasteiger partial charge in [-0.2, -0.15) is 0 Å². The number of aromatic nitrogens is 1. The van der Waals surface area contributed by atoms with Crippen LogP contribution in [-0.4, -0.2) is 59.2 Å². The highest BCUT2D eigenvalue weighted by atomic mass is 16.5. The van der Waals surface area contributed by atoms with E-state index in [-0.39, 0.29) is 5.60 Å². The van der Waals surface area contributed by atoms with Crippen LogP contribution in [-0.2, 0) is 17.7 Å². The Bertz CT molecular complexity index is 698. The highest BCUT2D eigenvalue weighted by molar-refractivity contribution is 5.15. The van der Waals surface area contributed by atoms with Crippen LogP contribution in [0.25, 0.3) is 0 Å². The first-order chi connectivity index (χ1) is 13.2. The van der Waals surface area contributed by atoms with Crippen molar-refractivity contribution in [2.75, 3.05) is 32.7 Å². The molecule has 3 heterocycles. The summed E-state index contributed by atoms with van der Waals surface area (Å²) in [6.07, 6.45) is 5.57. The van der Waals surface area contributed by atoms with Gasteiger partial charge < -0.3 is 9.64 Å². The third-order valence-corrected chi connectivity index (χ3v) is 5.92. The smallest absolute Gasteiger partial charge is 0.0837 e. The lowest BCUT2D eigenvalue weighted by Crippen LogP contribution is -2.59. The summed E-state index contributed by atoms with van der Waals surface area (Å²) in [5.74, 6) is 0. The second-order valence-electron chi connectivity index (χ2n) is 8.18. The van der Waals surface area contributed by atoms with Gasteiger partial charge in [0.1, 0.15) is 0 Å². The molecule has 1 unspecified atom stereocenters. The van der Waals surface area contributed by atoms with Gasteiger partial charge >= 0.3 is 0 Å². The van der Waals surface area contributed by atoms with E-state index in [0.717, 1.165) is 64.2 Å². The van der Waals surface area contributed by atoms with Gasteiger partial charge in [0.05, 0.1) is 17.4 Å². The molecule has 2 aliphatic heterocycles. The van der Waals surface area contributed by atoms with Gasteiger partial charge in [-0.25, -0.2) is 0 Å². The maximum atomic E-state index is 6.51. The van der Waals surface area contributed by atoms with Crippen LogP contribution in [0.15, 0.2) is 54.7 Å². The average Bonchev–Trinajstić information content (AvgIpc) is 2.69. The zero-order chi connectivity index (χ0) is 18.5. The van der Waals surface area contributed by atoms with E-state index < -0.39 is 0 Å². The molecule has 4 nitrogen and oxygen atoms in total. The second kappa shape index (κ2) is 8.51. The van der Waals surface area contributed by atoms with E-state index in [1.165, 1.54) is 5.56 Å². The molecule has 1 spiro atoms. The monoisotopic (exact) mass is 365 g/mol. The fourth-order valence-electron chi connectivity index (χ4n) is 4.57. The Labute approximate surface area is 163 Å². The molecule has 4 heteroatoms. The molecule has 0 bridgehead atoms. The van der Waals surface area contributed by atoms with Gasteiger partial charge in [0, 0.05) is 45.5 Å². The third kappa shape index (κ3) is 4.95. The number of likely N-dealkylation sites (tertiary alicyclic amines) is 1. The van der Waals surface area contributed by atoms with Crippen molar-refractivity contribution in [1.29, 1.82) is 0 Å². The van der Waals surface area contributed by atoms with Crippen molar-refractivity contribution in [2.24, 2.45) is 0 Å². The van der Waals surface area contributed by atoms with E-state index in [2.05, 4.69) is 64.2 Å². The molecule has 0 N–H and O–H groups in total. The number of benzene rings is 1. The number of morpholine rings is 1. The molecule has 1 aromatic carbocycles. The molecule has 0 saturated carbocycles. The number of rotatable bonds is 5. The topological polar surface area (TPSA) is 28.6 Å². The van der Waals surface area contributed by atoms with Crippen LogP contribution in [0.2, 0.25) is 0 Å². The van der Waals surface area contributed by atoms with Crippen molar-refractivity contribution in [3.05, 3.63) is 66.0 Å². The molecular formula is C23H31N3O. The Morgan fingerprint density at radius 2 is 1.81 bits per heavy atom. The largest absolute Gasteiger partial charge is 0.369 e. The van der Waals surface area contributed by atoms with Crippen LogP contribution < -0.4 is 0 Å². The molecule has 2 aliphatic rings. The first-order valence-electron chi connectivity index (χ1n) is 10.3. The first-order valence-corrected chi connectivity index (χ1v) is 10.3. The Morgan fingerprint density at radius 3 is 2.56 bits per heavy atom. The molecule has 27 heavy (non-hydrogen) atoms. The number of ether oxygens (including phenoxy) is 1. The summed E-state index contributed by atoms with van der Waals surface area (Å²) in [5.41, 5.74) is 2.61. The van der Waals surface area contributed by atoms with E-state index in [9.17, 15) is 0 Å². The van der Waals surface area contributed by atoms with Gasteiger partial charge in [0.25, 0.3) is 0 Å². The highest BCUT2D eigenvalue weighted by Crippen LogP contribution is 2.32. The summed E-state index contributed by atoms with van der Waals surface area (Å²) < 4.78 is 6.51. The van der Waals surface area contributed by atoms with Crippen molar-refractivity contribution in [1.82, 2.24) is 14.8 Å². The van der Waals surface area contributed by atoms with E-state index in [0.29, 0.717) is 6.10 Å². The fraction of sp³-hybridized carbons (Fsp3) is 0.522. The number of nitrogens with zero attached hydrogens (tertiary/aromatic N) is 3. The predicted octanol–water partition coefficient (Wildman–Crippen LogP) is 3.38. The minimum Gasteiger partial charge on any atom is -0.369 e. The lowest BCUT2D eigenvalue weighted by Gasteiger charge is -2.49. The van der Waals surface area contributed by atoms with Gasteiger partial charge in [0.15, 0.2) is 0 Å². The van der Waals surface area contributed by atoms with Crippen LogP contribution >= 0.6 is 0 Å². The summed E-state index contributed by atoms with van der Waals surface area (Å²) in [6, 6.07) is 17.0. The van der Waals surface area contributed by atoms with Gasteiger partial charge in [-0.15, -0.1) is 0 Å². The van der Waals surface area contributed by atoms with Crippen LogP contribution in [0.1, 0.15) is 31.0 Å². The summed E-state index contributed by atoms with van der Waals surface area (Å²) >= 11 is 0. The van der Waals surface area contributed by atoms with Crippen molar-refractivity contribution in [2.45, 2.75) is 44.4 Å². The maximum Gasteiger partial charge on any atom is 0.0837 e. The lowest BCUT2D eigenvalue weighted by atomic mass is 9.88. The van der Waals surface area contributed by atoms with Gasteiger partial charge in [0.2, 0.25) is 0 Å². The van der Waals surface area contributed by atoms with Crippen molar-refractivity contribution in [3.8, 4) is 0 Å². The Morgan fingerprint density at radius 1 is 1.04 bits per heavy atom. The number of piperidine rings is 1. The summed E-state index contributed by atoms with van der Waals surface area (Å²) in [4.78, 5) is 9.64. The zero-order valence-corrected chi connectivity index (χ0v) is 16.4. The number of hydrogen-bond donors (Lipinski definition) is 0. The van der Waals surface area contributed by atoms with Crippen molar-refractivity contribution in [3.63, 3.8) is 0 Å². The fourth-order valence-corrected chi connectivity index (χ4v) is 4.57. The lowest BCUT2D eigenvalue weighted by molar-refractivity contribution is -0.171. The van der Waals surface area contributed by atoms with Crippen LogP contribution in [0.5, 0.6) is 0 Å². The Kier molecular flexibility index (Phi) is 5.86. The molecule has 0 aliphatic carbocycles. The average molecular weight is 366 g/mol. The minimum atomic E-state index is 0.0235. The van der Waals surface area contributed by atoms with Crippen LogP contribution in [0.4, 0.5) is 0 Å². The number of hydrogen-bond acceptors (Lipinski definition) is 4. The zero-order valence-electron chi connectivity index (χ0n) is 16.4. The third-order valence-electron chi connectivity index (χ3n) is 5.92. The molecule has 4 rings (SSSR count). The molecule has 2 aromatic rings. The van der Waals surface area contributed by atoms with Gasteiger partial charge in [-0.3, -0.25) is 9.88 Å². The van der Waals surface area contributed by atoms with Gasteiger partial charge in [-0.1, -0.05) is 36.4 Å². The molecule has 144 valence electrons. The Balaban J connectivity index is 1.31. The quantitative estimate of drug-likeness (QED) is 0.812. The minimum absolute atomic E-state index is 0.0235. The SMILES string of the molecule is CC1CN(Cc2ccccn2)CC2(CCN(CCc3ccccc3)CC2)O1. The summed E-state index contributed by atoms with van der Waals surface area (Å²) in [7, 11) is 0. The predicted molar refractivity (Wildman–Crippen MR) is 109 cm³/mol. The second-order valence-corrected chi connectivity index (χ2v) is 8.18. The van der Waals surface area contributed by atoms with E-state index in [4.69, 9.17) is 4.74 Å². The normalized spacial score (nSPS) is 23.5. The molecule has 1 aromatic heterocycles. The molecule has 0 radical (unpaired) electrons. The Hall–Kier alpha value is -1.75. The van der Waals surface area contributed by atoms with E-state index in [1.807, 2.05) is 12.3 Å². The highest BCUT2D eigenvalue weighted by Gasteiger charge is 2.41. The summed E-state index contributed by atoms with van der Waals surface area (Å²) in [5, 5.41) is 0. The van der Waals surface area contributed by atoms with Gasteiger partial charge in [-0.05, 0) is 43.9 Å². The van der Waals surface area contributed by atoms with E-state index >= 15 is 0 Å². The molecule has 2 saturated heterocycles. The van der Waals surface area contributed by atoms with Crippen LogP contribution in [0, 0.1) is 0 Å². The molecule has 0 amide bonds. The van der Waals surface area contributed by atoms with Crippen molar-refractivity contribution < 1.29 is 4.74 Å². The van der Waals surface area contributed by atoms with Crippen molar-refractivity contribution >= 4 is 0 Å². The first kappa shape index (κ1) is 18.6. The summed E-state index contributed by atoms with van der Waals surface area (Å²) in [6.45, 7) is 8.58. The molecule has 1 atom stereocenters. The molecular weight excluding hydrogens is 334 g/mol. The van der Waals surface area contributed by atoms with Crippen LogP contribution in [0.3, 0.4) is 0 Å². The maximum absolute atomic E-state index is 6.51. The number of pyridine rings is 1. The van der Waals surface area contributed by atoms with E-state index in [1.54, 1.807) is 0 Å². The molecule has 2 fully saturated rings. The standard InChI is InChI=1S/C23H31N3O/c1-20-17-26(18-22-9-5-6-13-24-22)19-23(27-20)11-15-25(16-12-23)14-10-21-7-3-2-4-8-21/h2-9,13,20H,10-12,14-19H2,1H3.